The third kappa shape index (κ3) is 12.3. The highest BCUT2D eigenvalue weighted by molar-refractivity contribution is 9.11. The molecule has 6 heterocycles. The number of aryl methyl sites for hydroxylation is 4. The lowest BCUT2D eigenvalue weighted by molar-refractivity contribution is -0.135. The van der Waals surface area contributed by atoms with E-state index in [1.54, 1.807) is 7.11 Å². The fraction of sp³-hybridized carbons (Fsp3) is 0.509. The topological polar surface area (TPSA) is 112 Å². The number of nitrogens with zero attached hydrogens (tertiary/aromatic N) is 7. The van der Waals surface area contributed by atoms with Gasteiger partial charge in [0.25, 0.3) is 0 Å². The third-order valence-electron chi connectivity index (χ3n) is 15.3. The van der Waals surface area contributed by atoms with Crippen molar-refractivity contribution in [2.45, 2.75) is 88.9 Å². The zero-order valence-corrected chi connectivity index (χ0v) is 47.4. The van der Waals surface area contributed by atoms with E-state index in [1.807, 2.05) is 29.4 Å². The van der Waals surface area contributed by atoms with Gasteiger partial charge in [0.05, 0.1) is 30.2 Å². The molecule has 10 rings (SSSR count). The highest BCUT2D eigenvalue weighted by atomic mass is 79.9. The molecular formula is C53H59Br4Cl2N7O4. The Balaban J connectivity index is 0.000000174. The number of fused-ring (bicyclic) bond motifs is 4. The van der Waals surface area contributed by atoms with Crippen LogP contribution in [0.3, 0.4) is 0 Å². The third-order valence-corrected chi connectivity index (χ3v) is 18.0. The molecule has 4 aromatic rings. The summed E-state index contributed by atoms with van der Waals surface area (Å²) in [6, 6.07) is 12.7. The predicted molar refractivity (Wildman–Crippen MR) is 290 cm³/mol. The summed E-state index contributed by atoms with van der Waals surface area (Å²) < 4.78 is 4.14. The van der Waals surface area contributed by atoms with Gasteiger partial charge in [-0.3, -0.25) is 34.2 Å². The van der Waals surface area contributed by atoms with Gasteiger partial charge in [0.15, 0.2) is 0 Å². The smallest absolute Gasteiger partial charge is 0.236 e. The lowest BCUT2D eigenvalue weighted by Crippen LogP contribution is -2.46. The number of rotatable bonds is 7. The van der Waals surface area contributed by atoms with Crippen molar-refractivity contribution in [2.75, 3.05) is 72.6 Å². The van der Waals surface area contributed by atoms with Crippen LogP contribution in [0.2, 0.25) is 10.0 Å². The molecule has 2 aromatic carbocycles. The van der Waals surface area contributed by atoms with E-state index in [9.17, 15) is 14.4 Å². The Morgan fingerprint density at radius 1 is 0.586 bits per heavy atom. The number of carbonyl (C=O) groups is 3. The van der Waals surface area contributed by atoms with Gasteiger partial charge in [0.2, 0.25) is 11.8 Å². The van der Waals surface area contributed by atoms with Gasteiger partial charge in [-0.15, -0.1) is 0 Å². The summed E-state index contributed by atoms with van der Waals surface area (Å²) in [5.41, 5.74) is 11.2. The zero-order chi connectivity index (χ0) is 49.1. The minimum atomic E-state index is 0.178. The molecule has 2 amide bonds. The maximum Gasteiger partial charge on any atom is 0.236 e. The van der Waals surface area contributed by atoms with E-state index in [2.05, 4.69) is 108 Å². The second-order valence-corrected chi connectivity index (χ2v) is 24.1. The maximum atomic E-state index is 13.1. The number of hydrogen-bond donors (Lipinski definition) is 0. The van der Waals surface area contributed by atoms with E-state index in [1.165, 1.54) is 39.1 Å². The van der Waals surface area contributed by atoms with Crippen LogP contribution in [0.25, 0.3) is 0 Å². The van der Waals surface area contributed by atoms with Gasteiger partial charge in [-0.25, -0.2) is 0 Å². The molecule has 0 spiro atoms. The van der Waals surface area contributed by atoms with Gasteiger partial charge in [-0.2, -0.15) is 0 Å². The summed E-state index contributed by atoms with van der Waals surface area (Å²) in [5.74, 6) is 1.91. The van der Waals surface area contributed by atoms with Gasteiger partial charge >= 0.3 is 0 Å². The van der Waals surface area contributed by atoms with Gasteiger partial charge in [-0.05, 0) is 165 Å². The zero-order valence-electron chi connectivity index (χ0n) is 39.5. The molecular weight excluding hydrogens is 1190 g/mol. The maximum absolute atomic E-state index is 13.1. The van der Waals surface area contributed by atoms with Crippen LogP contribution in [0.5, 0.6) is 0 Å². The van der Waals surface area contributed by atoms with E-state index in [0.717, 1.165) is 143 Å². The summed E-state index contributed by atoms with van der Waals surface area (Å²) in [4.78, 5) is 60.8. The molecule has 11 nitrogen and oxygen atoms in total. The molecule has 0 saturated carbocycles. The number of likely N-dealkylation sites (tertiary alicyclic amines) is 4. The van der Waals surface area contributed by atoms with E-state index in [-0.39, 0.29) is 23.7 Å². The minimum absolute atomic E-state index is 0.178. The van der Waals surface area contributed by atoms with Crippen LogP contribution in [0.1, 0.15) is 108 Å². The molecule has 0 N–H and O–H groups in total. The van der Waals surface area contributed by atoms with E-state index < -0.39 is 0 Å². The van der Waals surface area contributed by atoms with Crippen molar-refractivity contribution in [1.29, 1.82) is 0 Å². The van der Waals surface area contributed by atoms with Crippen molar-refractivity contribution >= 4 is 110 Å². The Morgan fingerprint density at radius 3 is 1.40 bits per heavy atom. The molecule has 6 aliphatic rings. The number of Topliss-reactive ketones (excluding diaryl/α,β-unsaturated/α-hetero) is 1. The quantitative estimate of drug-likeness (QED) is 0.168. The Bertz CT molecular complexity index is 2620. The molecule has 2 aliphatic carbocycles. The molecule has 4 aliphatic heterocycles. The molecule has 2 aromatic heterocycles. The summed E-state index contributed by atoms with van der Waals surface area (Å²) in [6.45, 7) is 7.14. The van der Waals surface area contributed by atoms with Crippen molar-refractivity contribution in [3.8, 4) is 0 Å². The standard InChI is InChI=1S/C27H31Br2ClN4O2.C26H28Br2ClN3O2/c1-36-32-22-6-8-33(9-7-22)16-24(35)34-10-4-17(5-11-34)26-25-18(13-21(30)14-23(25)29)2-3-19-12-20(28)15-31-27(19)26;27-19-11-18-2-1-17-12-20(29)13-22(28)24(17)25(26(18)30-14-19)16-3-9-32(10-4-16)23(34)15-31-7-5-21(33)6-8-31/h12-15,17,26H,2-11,16H2,1H3;11-14,16,25H,1-10,15H2/t26-;25-/m11/s1. The summed E-state index contributed by atoms with van der Waals surface area (Å²) >= 11 is 27.7. The molecule has 70 heavy (non-hydrogen) atoms. The Morgan fingerprint density at radius 2 is 0.986 bits per heavy atom. The number of aromatic nitrogens is 2. The number of pyridine rings is 2. The largest absolute Gasteiger partial charge is 0.399 e. The molecule has 4 saturated heterocycles. The number of hydrogen-bond acceptors (Lipinski definition) is 9. The van der Waals surface area contributed by atoms with E-state index in [0.29, 0.717) is 56.6 Å². The van der Waals surface area contributed by atoms with E-state index >= 15 is 0 Å². The van der Waals surface area contributed by atoms with Crippen LogP contribution in [-0.2, 0) is 44.9 Å². The highest BCUT2D eigenvalue weighted by Crippen LogP contribution is 2.48. The molecule has 4 fully saturated rings. The first kappa shape index (κ1) is 52.1. The van der Waals surface area contributed by atoms with Crippen molar-refractivity contribution in [1.82, 2.24) is 29.6 Å². The van der Waals surface area contributed by atoms with Crippen LogP contribution >= 0.6 is 86.9 Å². The Labute approximate surface area is 455 Å². The molecule has 2 atom stereocenters. The normalized spacial score (nSPS) is 21.3. The molecule has 0 radical (unpaired) electrons. The summed E-state index contributed by atoms with van der Waals surface area (Å²) in [6.07, 6.45) is 14.3. The molecule has 372 valence electrons. The fourth-order valence-corrected chi connectivity index (χ4v) is 14.8. The average molecular weight is 1250 g/mol. The first-order chi connectivity index (χ1) is 33.8. The number of carbonyl (C=O) groups excluding carboxylic acids is 3. The average Bonchev–Trinajstić information content (AvgIpc) is 3.61. The summed E-state index contributed by atoms with van der Waals surface area (Å²) in [7, 11) is 1.58. The van der Waals surface area contributed by atoms with Crippen molar-refractivity contribution in [3.05, 3.63) is 121 Å². The van der Waals surface area contributed by atoms with E-state index in [4.69, 9.17) is 38.0 Å². The number of benzene rings is 2. The van der Waals surface area contributed by atoms with Crippen molar-refractivity contribution in [2.24, 2.45) is 17.0 Å². The number of ketones is 1. The van der Waals surface area contributed by atoms with Crippen LogP contribution in [0.15, 0.2) is 71.8 Å². The summed E-state index contributed by atoms with van der Waals surface area (Å²) in [5, 5.41) is 5.59. The monoisotopic (exact) mass is 1240 g/mol. The number of halogens is 6. The number of amides is 2. The van der Waals surface area contributed by atoms with Crippen molar-refractivity contribution in [3.63, 3.8) is 0 Å². The number of piperidine rings is 4. The Hall–Kier alpha value is -2.76. The lowest BCUT2D eigenvalue weighted by Gasteiger charge is -2.38. The lowest BCUT2D eigenvalue weighted by atomic mass is 9.76. The Kier molecular flexibility index (Phi) is 17.6. The highest BCUT2D eigenvalue weighted by Gasteiger charge is 2.39. The second-order valence-electron chi connectivity index (χ2n) is 19.6. The first-order valence-corrected chi connectivity index (χ1v) is 28.6. The molecule has 0 bridgehead atoms. The molecule has 0 unspecified atom stereocenters. The predicted octanol–water partition coefficient (Wildman–Crippen LogP) is 11.2. The van der Waals surface area contributed by atoms with Gasteiger partial charge in [-0.1, -0.05) is 60.2 Å². The van der Waals surface area contributed by atoms with Gasteiger partial charge in [0.1, 0.15) is 12.9 Å². The van der Waals surface area contributed by atoms with Gasteiger partial charge in [0, 0.05) is 130 Å². The first-order valence-electron chi connectivity index (χ1n) is 24.7. The van der Waals surface area contributed by atoms with Crippen LogP contribution in [0, 0.1) is 11.8 Å². The SMILES string of the molecule is CON=C1CCN(CC(=O)N2CCC([C@H]3c4ncc(Br)cc4CCc4cc(Cl)cc(Br)c43)CC2)CC1.O=C1CCN(CC(=O)N2CCC([C@H]3c4ncc(Br)cc4CCc4cc(Cl)cc(Br)c43)CC2)CC1. The van der Waals surface area contributed by atoms with Crippen molar-refractivity contribution < 1.29 is 19.2 Å². The second kappa shape index (κ2) is 23.6. The van der Waals surface area contributed by atoms with Gasteiger partial charge < -0.3 is 14.6 Å². The van der Waals surface area contributed by atoms with Crippen LogP contribution in [0.4, 0.5) is 0 Å². The van der Waals surface area contributed by atoms with Crippen LogP contribution < -0.4 is 0 Å². The molecule has 17 heteroatoms. The number of oxime groups is 1. The fourth-order valence-electron chi connectivity index (χ4n) is 11.8. The van der Waals surface area contributed by atoms with Crippen LogP contribution in [-0.4, -0.2) is 125 Å². The minimum Gasteiger partial charge on any atom is -0.399 e.